The van der Waals surface area contributed by atoms with Gasteiger partial charge < -0.3 is 15.0 Å². The van der Waals surface area contributed by atoms with Crippen molar-refractivity contribution in [1.29, 1.82) is 0 Å². The highest BCUT2D eigenvalue weighted by atomic mass is 19.1. The van der Waals surface area contributed by atoms with Gasteiger partial charge in [-0.2, -0.15) is 0 Å². The molecule has 2 fully saturated rings. The van der Waals surface area contributed by atoms with E-state index in [4.69, 9.17) is 4.74 Å². The van der Waals surface area contributed by atoms with E-state index in [1.165, 1.54) is 0 Å². The van der Waals surface area contributed by atoms with Gasteiger partial charge in [-0.05, 0) is 40.2 Å². The van der Waals surface area contributed by atoms with Crippen LogP contribution in [0.25, 0.3) is 0 Å². The summed E-state index contributed by atoms with van der Waals surface area (Å²) in [4.78, 5) is 13.7. The second kappa shape index (κ2) is 4.68. The Labute approximate surface area is 108 Å². The first kappa shape index (κ1) is 13.6. The largest absolute Gasteiger partial charge is 0.444 e. The number of halogens is 1. The maximum Gasteiger partial charge on any atom is 0.410 e. The van der Waals surface area contributed by atoms with Gasteiger partial charge in [-0.15, -0.1) is 0 Å². The van der Waals surface area contributed by atoms with Crippen LogP contribution in [0.1, 0.15) is 33.6 Å². The zero-order valence-electron chi connectivity index (χ0n) is 11.5. The summed E-state index contributed by atoms with van der Waals surface area (Å²) in [6.45, 7) is 7.35. The maximum atomic E-state index is 13.0. The molecule has 2 atom stereocenters. The molecule has 2 aliphatic rings. The molecule has 2 aliphatic heterocycles. The van der Waals surface area contributed by atoms with Gasteiger partial charge in [0, 0.05) is 24.5 Å². The second-order valence-corrected chi connectivity index (χ2v) is 6.43. The third-order valence-electron chi connectivity index (χ3n) is 3.94. The predicted molar refractivity (Wildman–Crippen MR) is 67.2 cm³/mol. The molecule has 4 nitrogen and oxygen atoms in total. The first-order valence-electron chi connectivity index (χ1n) is 6.64. The van der Waals surface area contributed by atoms with E-state index in [1.807, 2.05) is 20.8 Å². The summed E-state index contributed by atoms with van der Waals surface area (Å²) in [7, 11) is 0. The number of nitrogens with zero attached hydrogens (tertiary/aromatic N) is 1. The van der Waals surface area contributed by atoms with Crippen molar-refractivity contribution >= 4 is 6.09 Å². The number of rotatable bonds is 1. The lowest BCUT2D eigenvalue weighted by Crippen LogP contribution is -2.42. The molecule has 0 aromatic heterocycles. The van der Waals surface area contributed by atoms with Crippen LogP contribution >= 0.6 is 0 Å². The van der Waals surface area contributed by atoms with Crippen molar-refractivity contribution in [3.05, 3.63) is 0 Å². The normalized spacial score (nSPS) is 32.2. The van der Waals surface area contributed by atoms with Crippen LogP contribution in [0, 0.1) is 5.41 Å². The van der Waals surface area contributed by atoms with Crippen LogP contribution in [0.15, 0.2) is 0 Å². The lowest BCUT2D eigenvalue weighted by molar-refractivity contribution is 0.0267. The van der Waals surface area contributed by atoms with Crippen molar-refractivity contribution < 1.29 is 13.9 Å². The van der Waals surface area contributed by atoms with Crippen molar-refractivity contribution in [1.82, 2.24) is 10.2 Å². The SMILES string of the molecule is CC(C)(C)OC(=O)N1CC[C@]2(CCN[C@@H]2CF)C1. The number of ether oxygens (including phenoxy) is 1. The fourth-order valence-corrected chi connectivity index (χ4v) is 2.97. The summed E-state index contributed by atoms with van der Waals surface area (Å²) in [5.41, 5.74) is -0.550. The van der Waals surface area contributed by atoms with Gasteiger partial charge in [0.1, 0.15) is 12.3 Å². The monoisotopic (exact) mass is 258 g/mol. The summed E-state index contributed by atoms with van der Waals surface area (Å²) >= 11 is 0. The van der Waals surface area contributed by atoms with E-state index in [1.54, 1.807) is 4.90 Å². The summed E-state index contributed by atoms with van der Waals surface area (Å²) in [5, 5.41) is 3.19. The van der Waals surface area contributed by atoms with E-state index in [9.17, 15) is 9.18 Å². The number of nitrogens with one attached hydrogen (secondary N) is 1. The summed E-state index contributed by atoms with van der Waals surface area (Å²) in [6.07, 6.45) is 1.54. The number of carbonyl (C=O) groups excluding carboxylic acids is 1. The van der Waals surface area contributed by atoms with Crippen LogP contribution < -0.4 is 5.32 Å². The Hall–Kier alpha value is -0.840. The molecule has 104 valence electrons. The lowest BCUT2D eigenvalue weighted by atomic mass is 9.80. The van der Waals surface area contributed by atoms with Crippen molar-refractivity contribution in [2.45, 2.75) is 45.3 Å². The summed E-state index contributed by atoms with van der Waals surface area (Å²) in [6, 6.07) is -0.107. The second-order valence-electron chi connectivity index (χ2n) is 6.43. The lowest BCUT2D eigenvalue weighted by Gasteiger charge is -2.29. The number of amides is 1. The van der Waals surface area contributed by atoms with Gasteiger partial charge >= 0.3 is 6.09 Å². The van der Waals surface area contributed by atoms with Crippen LogP contribution in [0.5, 0.6) is 0 Å². The highest BCUT2D eigenvalue weighted by Gasteiger charge is 2.49. The van der Waals surface area contributed by atoms with E-state index in [0.29, 0.717) is 13.1 Å². The van der Waals surface area contributed by atoms with Gasteiger partial charge in [-0.1, -0.05) is 0 Å². The van der Waals surface area contributed by atoms with Crippen molar-refractivity contribution in [3.63, 3.8) is 0 Å². The summed E-state index contributed by atoms with van der Waals surface area (Å²) < 4.78 is 18.4. The van der Waals surface area contributed by atoms with E-state index in [-0.39, 0.29) is 24.2 Å². The minimum absolute atomic E-state index is 0.0777. The molecule has 1 amide bonds. The smallest absolute Gasteiger partial charge is 0.410 e. The predicted octanol–water partition coefficient (Wildman–Crippen LogP) is 1.95. The van der Waals surface area contributed by atoms with E-state index >= 15 is 0 Å². The molecule has 0 saturated carbocycles. The summed E-state index contributed by atoms with van der Waals surface area (Å²) in [5.74, 6) is 0. The van der Waals surface area contributed by atoms with Crippen LogP contribution in [-0.4, -0.2) is 48.9 Å². The topological polar surface area (TPSA) is 41.6 Å². The average molecular weight is 258 g/mol. The van der Waals surface area contributed by atoms with Crippen LogP contribution in [0.4, 0.5) is 9.18 Å². The molecule has 0 aromatic carbocycles. The quantitative estimate of drug-likeness (QED) is 0.781. The fraction of sp³-hybridized carbons (Fsp3) is 0.923. The third-order valence-corrected chi connectivity index (χ3v) is 3.94. The molecule has 18 heavy (non-hydrogen) atoms. The molecule has 2 heterocycles. The zero-order valence-corrected chi connectivity index (χ0v) is 11.5. The number of likely N-dealkylation sites (tertiary alicyclic amines) is 1. The van der Waals surface area contributed by atoms with Gasteiger partial charge in [0.2, 0.25) is 0 Å². The molecular weight excluding hydrogens is 235 g/mol. The van der Waals surface area contributed by atoms with E-state index in [0.717, 1.165) is 19.4 Å². The van der Waals surface area contributed by atoms with Gasteiger partial charge in [0.25, 0.3) is 0 Å². The average Bonchev–Trinajstić information content (AvgIpc) is 2.84. The first-order valence-corrected chi connectivity index (χ1v) is 6.64. The fourth-order valence-electron chi connectivity index (χ4n) is 2.97. The molecule has 2 saturated heterocycles. The highest BCUT2D eigenvalue weighted by molar-refractivity contribution is 5.68. The first-order chi connectivity index (χ1) is 8.36. The van der Waals surface area contributed by atoms with Crippen molar-refractivity contribution in [2.75, 3.05) is 26.3 Å². The minimum atomic E-state index is -0.472. The third kappa shape index (κ3) is 2.60. The molecule has 5 heteroatoms. The molecule has 0 aromatic rings. The molecule has 0 aliphatic carbocycles. The van der Waals surface area contributed by atoms with Gasteiger partial charge in [0.15, 0.2) is 0 Å². The van der Waals surface area contributed by atoms with Crippen LogP contribution in [0.2, 0.25) is 0 Å². The molecular formula is C13H23FN2O2. The number of hydrogen-bond donors (Lipinski definition) is 1. The Morgan fingerprint density at radius 3 is 2.83 bits per heavy atom. The molecule has 1 N–H and O–H groups in total. The number of alkyl halides is 1. The molecule has 2 rings (SSSR count). The Bertz CT molecular complexity index is 329. The highest BCUT2D eigenvalue weighted by Crippen LogP contribution is 2.41. The van der Waals surface area contributed by atoms with Gasteiger partial charge in [0.05, 0.1) is 0 Å². The Balaban J connectivity index is 1.98. The van der Waals surface area contributed by atoms with Gasteiger partial charge in [-0.3, -0.25) is 0 Å². The Kier molecular flexibility index (Phi) is 3.54. The van der Waals surface area contributed by atoms with Crippen LogP contribution in [-0.2, 0) is 4.74 Å². The zero-order chi connectivity index (χ0) is 13.4. The maximum absolute atomic E-state index is 13.0. The molecule has 0 unspecified atom stereocenters. The Morgan fingerprint density at radius 1 is 1.50 bits per heavy atom. The Morgan fingerprint density at radius 2 is 2.22 bits per heavy atom. The van der Waals surface area contributed by atoms with E-state index < -0.39 is 5.60 Å². The molecule has 1 spiro atoms. The van der Waals surface area contributed by atoms with Crippen LogP contribution in [0.3, 0.4) is 0 Å². The van der Waals surface area contributed by atoms with E-state index in [2.05, 4.69) is 5.32 Å². The number of hydrogen-bond acceptors (Lipinski definition) is 3. The number of carbonyl (C=O) groups is 1. The van der Waals surface area contributed by atoms with Crippen molar-refractivity contribution in [3.8, 4) is 0 Å². The standard InChI is InChI=1S/C13H23FN2O2/c1-12(2,3)18-11(17)16-7-5-13(9-16)4-6-15-10(13)8-14/h10,15H,4-9H2,1-3H3/t10-,13-/m1/s1. The minimum Gasteiger partial charge on any atom is -0.444 e. The molecule has 0 bridgehead atoms. The van der Waals surface area contributed by atoms with Crippen molar-refractivity contribution in [2.24, 2.45) is 5.41 Å². The molecule has 0 radical (unpaired) electrons. The van der Waals surface area contributed by atoms with Gasteiger partial charge in [-0.25, -0.2) is 9.18 Å².